The van der Waals surface area contributed by atoms with Crippen molar-refractivity contribution in [1.29, 1.82) is 0 Å². The molecule has 41 heavy (non-hydrogen) atoms. The molecule has 6 rings (SSSR count). The fraction of sp³-hybridized carbons (Fsp3) is 0.161. The molecular formula is C31H22Br2O8. The van der Waals surface area contributed by atoms with Crippen LogP contribution in [0.25, 0.3) is 21.9 Å². The maximum atomic E-state index is 13.2. The minimum atomic E-state index is -0.498. The van der Waals surface area contributed by atoms with Gasteiger partial charge in [0.2, 0.25) is 0 Å². The summed E-state index contributed by atoms with van der Waals surface area (Å²) in [5.74, 6) is 1.82. The van der Waals surface area contributed by atoms with Crippen molar-refractivity contribution in [3.05, 3.63) is 79.0 Å². The van der Waals surface area contributed by atoms with E-state index in [2.05, 4.69) is 31.9 Å². The molecule has 0 unspecified atom stereocenters. The van der Waals surface area contributed by atoms with E-state index in [1.807, 2.05) is 19.1 Å². The highest BCUT2D eigenvalue weighted by Crippen LogP contribution is 2.42. The van der Waals surface area contributed by atoms with E-state index in [0.29, 0.717) is 93.5 Å². The molecular weight excluding hydrogens is 660 g/mol. The van der Waals surface area contributed by atoms with Gasteiger partial charge in [-0.05, 0) is 98.4 Å². The van der Waals surface area contributed by atoms with E-state index in [-0.39, 0.29) is 0 Å². The summed E-state index contributed by atoms with van der Waals surface area (Å²) in [6, 6.07) is 14.3. The van der Waals surface area contributed by atoms with Crippen molar-refractivity contribution in [1.82, 2.24) is 0 Å². The maximum absolute atomic E-state index is 13.2. The van der Waals surface area contributed by atoms with E-state index in [1.165, 1.54) is 7.11 Å². The highest BCUT2D eigenvalue weighted by molar-refractivity contribution is 9.11. The van der Waals surface area contributed by atoms with Gasteiger partial charge < -0.3 is 28.4 Å². The van der Waals surface area contributed by atoms with Crippen LogP contribution in [0, 0.1) is 0 Å². The van der Waals surface area contributed by atoms with Gasteiger partial charge in [-0.15, -0.1) is 0 Å². The number of hydrogen-bond donors (Lipinski definition) is 0. The predicted molar refractivity (Wildman–Crippen MR) is 159 cm³/mol. The first-order valence-corrected chi connectivity index (χ1v) is 14.1. The average molecular weight is 682 g/mol. The Balaban J connectivity index is 1.56. The Labute approximate surface area is 251 Å². The molecule has 0 aliphatic carbocycles. The Hall–Kier alpha value is -4.02. The highest BCUT2D eigenvalue weighted by atomic mass is 79.9. The standard InChI is InChI=1S/C31H22Br2O8/c1-5-39-29-21(33)11-15(13-23(29)37-3)25-19-9-7-16-17(27(19)41-31(25)35)6-8-18-24(30(34)40-26(16)18)14-10-20(32)28(38-4)22(12-14)36-2/h6-13H,5H2,1-4H3. The van der Waals surface area contributed by atoms with Crippen LogP contribution in [0.15, 0.2) is 57.5 Å². The average Bonchev–Trinajstić information content (AvgIpc) is 3.48. The van der Waals surface area contributed by atoms with Crippen LogP contribution in [-0.2, 0) is 9.59 Å². The molecule has 2 aliphatic rings. The quantitative estimate of drug-likeness (QED) is 0.198. The van der Waals surface area contributed by atoms with Crippen molar-refractivity contribution in [3.63, 3.8) is 0 Å². The number of carbonyl (C=O) groups is 2. The minimum Gasteiger partial charge on any atom is -0.493 e. The summed E-state index contributed by atoms with van der Waals surface area (Å²) in [6.07, 6.45) is 0. The molecule has 4 aromatic rings. The van der Waals surface area contributed by atoms with E-state index in [9.17, 15) is 9.59 Å². The molecule has 2 aliphatic heterocycles. The van der Waals surface area contributed by atoms with Gasteiger partial charge in [-0.1, -0.05) is 0 Å². The largest absolute Gasteiger partial charge is 0.493 e. The molecule has 208 valence electrons. The highest BCUT2D eigenvalue weighted by Gasteiger charge is 2.31. The second-order valence-electron chi connectivity index (χ2n) is 9.12. The molecule has 0 saturated carbocycles. The topological polar surface area (TPSA) is 89.5 Å². The van der Waals surface area contributed by atoms with Gasteiger partial charge in [0.1, 0.15) is 11.5 Å². The molecule has 2 heterocycles. The normalized spacial score (nSPS) is 13.6. The van der Waals surface area contributed by atoms with Gasteiger partial charge in [0.15, 0.2) is 23.0 Å². The van der Waals surface area contributed by atoms with Crippen molar-refractivity contribution in [2.45, 2.75) is 6.92 Å². The predicted octanol–water partition coefficient (Wildman–Crippen LogP) is 5.03. The first-order valence-electron chi connectivity index (χ1n) is 12.5. The second kappa shape index (κ2) is 10.4. The lowest BCUT2D eigenvalue weighted by Crippen LogP contribution is -2.08. The summed E-state index contributed by atoms with van der Waals surface area (Å²) in [5, 5.41) is 2.53. The number of methoxy groups -OCH3 is 3. The van der Waals surface area contributed by atoms with Gasteiger partial charge in [-0.25, -0.2) is 9.59 Å². The molecule has 0 aromatic heterocycles. The molecule has 0 fully saturated rings. The van der Waals surface area contributed by atoms with Gasteiger partial charge in [0.05, 0.1) is 48.0 Å². The number of carbonyl (C=O) groups excluding carboxylic acids is 2. The lowest BCUT2D eigenvalue weighted by Gasteiger charge is -2.13. The molecule has 8 nitrogen and oxygen atoms in total. The molecule has 0 amide bonds. The van der Waals surface area contributed by atoms with E-state index >= 15 is 0 Å². The van der Waals surface area contributed by atoms with Gasteiger partial charge in [0.25, 0.3) is 0 Å². The molecule has 0 radical (unpaired) electrons. The minimum absolute atomic E-state index is 0.389. The monoisotopic (exact) mass is 680 g/mol. The fourth-order valence-electron chi connectivity index (χ4n) is 5.23. The molecule has 0 bridgehead atoms. The Morgan fingerprint density at radius 3 is 1.56 bits per heavy atom. The molecule has 0 spiro atoms. The Morgan fingerprint density at radius 2 is 1.12 bits per heavy atom. The number of halogens is 2. The van der Waals surface area contributed by atoms with E-state index < -0.39 is 11.9 Å². The lowest BCUT2D eigenvalue weighted by molar-refractivity contribution is -0.128. The van der Waals surface area contributed by atoms with Crippen LogP contribution in [0.4, 0.5) is 0 Å². The van der Waals surface area contributed by atoms with Crippen molar-refractivity contribution in [2.24, 2.45) is 0 Å². The van der Waals surface area contributed by atoms with Gasteiger partial charge >= 0.3 is 11.9 Å². The van der Waals surface area contributed by atoms with E-state index in [0.717, 1.165) is 0 Å². The van der Waals surface area contributed by atoms with Crippen LogP contribution in [-0.4, -0.2) is 39.9 Å². The van der Waals surface area contributed by atoms with Crippen LogP contribution < -0.4 is 38.9 Å². The smallest absolute Gasteiger partial charge is 0.344 e. The third-order valence-electron chi connectivity index (χ3n) is 6.97. The number of fused-ring (bicyclic) bond motifs is 5. The molecule has 0 atom stereocenters. The molecule has 10 heteroatoms. The summed E-state index contributed by atoms with van der Waals surface area (Å²) in [6.45, 7) is 2.34. The van der Waals surface area contributed by atoms with Gasteiger partial charge in [-0.2, -0.15) is 0 Å². The summed E-state index contributed by atoms with van der Waals surface area (Å²) < 4.78 is 35.0. The van der Waals surface area contributed by atoms with E-state index in [1.54, 1.807) is 50.6 Å². The summed E-state index contributed by atoms with van der Waals surface area (Å²) in [4.78, 5) is 26.4. The Kier molecular flexibility index (Phi) is 6.91. The maximum Gasteiger partial charge on any atom is 0.344 e. The molecule has 4 aromatic carbocycles. The summed E-state index contributed by atoms with van der Waals surface area (Å²) in [5.41, 5.74) is 2.00. The second-order valence-corrected chi connectivity index (χ2v) is 10.8. The van der Waals surface area contributed by atoms with Crippen LogP contribution >= 0.6 is 31.9 Å². The third-order valence-corrected chi connectivity index (χ3v) is 8.15. The van der Waals surface area contributed by atoms with E-state index in [4.69, 9.17) is 28.4 Å². The molecule has 0 saturated heterocycles. The van der Waals surface area contributed by atoms with Crippen molar-refractivity contribution in [3.8, 4) is 34.5 Å². The van der Waals surface area contributed by atoms with Crippen LogP contribution in [0.2, 0.25) is 0 Å². The van der Waals surface area contributed by atoms with Crippen LogP contribution in [0.5, 0.6) is 34.5 Å². The number of ether oxygens (including phenoxy) is 6. The lowest BCUT2D eigenvalue weighted by atomic mass is 9.99. The van der Waals surface area contributed by atoms with Crippen molar-refractivity contribution < 1.29 is 38.0 Å². The van der Waals surface area contributed by atoms with Crippen LogP contribution in [0.3, 0.4) is 0 Å². The Morgan fingerprint density at radius 1 is 0.659 bits per heavy atom. The first kappa shape index (κ1) is 27.2. The SMILES string of the molecule is CCOc1c(Br)cc(C2=c3ccc4c5c(ccc4c3OC2=O)=C(c2cc(Br)c(OC)c(OC)c2)C(=O)O5)cc1OC. The first-order chi connectivity index (χ1) is 19.8. The van der Waals surface area contributed by atoms with Crippen LogP contribution in [0.1, 0.15) is 18.1 Å². The zero-order chi connectivity index (χ0) is 29.0. The molecule has 0 N–H and O–H groups in total. The van der Waals surface area contributed by atoms with Crippen molar-refractivity contribution >= 4 is 65.7 Å². The number of rotatable bonds is 7. The number of esters is 2. The summed E-state index contributed by atoms with van der Waals surface area (Å²) in [7, 11) is 4.61. The number of hydrogen-bond acceptors (Lipinski definition) is 8. The van der Waals surface area contributed by atoms with Gasteiger partial charge in [-0.3, -0.25) is 0 Å². The third kappa shape index (κ3) is 4.24. The number of benzene rings is 4. The van der Waals surface area contributed by atoms with Gasteiger partial charge in [0, 0.05) is 21.2 Å². The fourth-order valence-corrected chi connectivity index (χ4v) is 6.39. The van der Waals surface area contributed by atoms with Crippen molar-refractivity contribution in [2.75, 3.05) is 27.9 Å². The zero-order valence-corrected chi connectivity index (χ0v) is 25.5. The summed E-state index contributed by atoms with van der Waals surface area (Å²) >= 11 is 7.03. The zero-order valence-electron chi connectivity index (χ0n) is 22.3. The Bertz CT molecular complexity index is 1930.